The van der Waals surface area contributed by atoms with E-state index >= 15 is 0 Å². The monoisotopic (exact) mass is 250 g/mol. The van der Waals surface area contributed by atoms with Crippen LogP contribution in [0.1, 0.15) is 37.4 Å². The van der Waals surface area contributed by atoms with Gasteiger partial charge in [0.1, 0.15) is 6.33 Å². The lowest BCUT2D eigenvalue weighted by molar-refractivity contribution is 0.146. The summed E-state index contributed by atoms with van der Waals surface area (Å²) in [6.45, 7) is 0.754. The van der Waals surface area contributed by atoms with Crippen LogP contribution in [0.15, 0.2) is 18.6 Å². The van der Waals surface area contributed by atoms with Gasteiger partial charge in [-0.1, -0.05) is 12.8 Å². The molecule has 18 heavy (non-hydrogen) atoms. The number of aromatic nitrogens is 2. The van der Waals surface area contributed by atoms with Gasteiger partial charge in [0.2, 0.25) is 0 Å². The summed E-state index contributed by atoms with van der Waals surface area (Å²) in [6.07, 6.45) is 7.91. The molecule has 5 heteroatoms. The maximum absolute atomic E-state index is 9.42. The molecule has 0 radical (unpaired) electrons. The van der Waals surface area contributed by atoms with Crippen molar-refractivity contribution in [2.24, 2.45) is 11.7 Å². The van der Waals surface area contributed by atoms with Crippen LogP contribution >= 0.6 is 0 Å². The Morgan fingerprint density at radius 1 is 1.44 bits per heavy atom. The lowest BCUT2D eigenvalue weighted by Gasteiger charge is -2.33. The standard InChI is InChI=1S/C13H22N4O/c14-7-13(12-5-6-15-9-16-12)17-11-4-2-1-3-10(11)8-18/h5-6,9-11,13,17-18H,1-4,7-8,14H2. The van der Waals surface area contributed by atoms with Crippen LogP contribution in [-0.4, -0.2) is 34.3 Å². The third-order valence-corrected chi connectivity index (χ3v) is 3.76. The second kappa shape index (κ2) is 6.78. The molecule has 3 atom stereocenters. The summed E-state index contributed by atoms with van der Waals surface area (Å²) in [5.74, 6) is 0.342. The van der Waals surface area contributed by atoms with Crippen LogP contribution in [0, 0.1) is 5.92 Å². The minimum absolute atomic E-state index is 0.0464. The van der Waals surface area contributed by atoms with Crippen LogP contribution in [0.5, 0.6) is 0 Å². The largest absolute Gasteiger partial charge is 0.396 e. The summed E-state index contributed by atoms with van der Waals surface area (Å²) in [5.41, 5.74) is 6.75. The minimum Gasteiger partial charge on any atom is -0.396 e. The first-order chi connectivity index (χ1) is 8.85. The van der Waals surface area contributed by atoms with E-state index in [0.29, 0.717) is 18.5 Å². The zero-order chi connectivity index (χ0) is 12.8. The number of hydrogen-bond acceptors (Lipinski definition) is 5. The second-order valence-electron chi connectivity index (χ2n) is 4.92. The first-order valence-corrected chi connectivity index (χ1v) is 6.68. The van der Waals surface area contributed by atoms with Crippen molar-refractivity contribution in [3.05, 3.63) is 24.3 Å². The normalized spacial score (nSPS) is 25.9. The highest BCUT2D eigenvalue weighted by Gasteiger charge is 2.26. The van der Waals surface area contributed by atoms with Crippen molar-refractivity contribution in [3.63, 3.8) is 0 Å². The highest BCUT2D eigenvalue weighted by Crippen LogP contribution is 2.25. The van der Waals surface area contributed by atoms with E-state index in [-0.39, 0.29) is 12.6 Å². The molecule has 2 rings (SSSR count). The van der Waals surface area contributed by atoms with Crippen molar-refractivity contribution in [3.8, 4) is 0 Å². The van der Waals surface area contributed by atoms with Crippen molar-refractivity contribution >= 4 is 0 Å². The number of nitrogens with zero attached hydrogens (tertiary/aromatic N) is 2. The van der Waals surface area contributed by atoms with Crippen LogP contribution in [0.25, 0.3) is 0 Å². The van der Waals surface area contributed by atoms with Gasteiger partial charge in [-0.25, -0.2) is 9.97 Å². The zero-order valence-electron chi connectivity index (χ0n) is 10.6. The summed E-state index contributed by atoms with van der Waals surface area (Å²) in [5, 5.41) is 13.0. The smallest absolute Gasteiger partial charge is 0.115 e. The Bertz CT molecular complexity index is 346. The number of hydrogen-bond donors (Lipinski definition) is 3. The molecule has 0 amide bonds. The molecule has 5 nitrogen and oxygen atoms in total. The maximum atomic E-state index is 9.42. The van der Waals surface area contributed by atoms with Gasteiger partial charge in [0.25, 0.3) is 0 Å². The van der Waals surface area contributed by atoms with Gasteiger partial charge in [0, 0.05) is 25.4 Å². The van der Waals surface area contributed by atoms with E-state index < -0.39 is 0 Å². The van der Waals surface area contributed by atoms with Crippen LogP contribution in [0.2, 0.25) is 0 Å². The summed E-state index contributed by atoms with van der Waals surface area (Å²) in [4.78, 5) is 8.17. The van der Waals surface area contributed by atoms with Gasteiger partial charge >= 0.3 is 0 Å². The van der Waals surface area contributed by atoms with E-state index in [1.165, 1.54) is 12.8 Å². The molecule has 1 aliphatic rings. The molecule has 0 aliphatic heterocycles. The van der Waals surface area contributed by atoms with Crippen LogP contribution in [-0.2, 0) is 0 Å². The lowest BCUT2D eigenvalue weighted by Crippen LogP contribution is -2.44. The quantitative estimate of drug-likeness (QED) is 0.713. The van der Waals surface area contributed by atoms with Gasteiger partial charge < -0.3 is 16.2 Å². The fourth-order valence-corrected chi connectivity index (χ4v) is 2.69. The van der Waals surface area contributed by atoms with Gasteiger partial charge in [-0.3, -0.25) is 0 Å². The van der Waals surface area contributed by atoms with E-state index in [4.69, 9.17) is 5.73 Å². The molecule has 1 fully saturated rings. The molecule has 3 unspecified atom stereocenters. The van der Waals surface area contributed by atoms with Gasteiger partial charge in [-0.05, 0) is 24.8 Å². The van der Waals surface area contributed by atoms with Crippen LogP contribution in [0.3, 0.4) is 0 Å². The number of aliphatic hydroxyl groups is 1. The van der Waals surface area contributed by atoms with Crippen molar-refractivity contribution in [1.29, 1.82) is 0 Å². The average molecular weight is 250 g/mol. The Hall–Kier alpha value is -1.04. The minimum atomic E-state index is 0.0464. The molecular weight excluding hydrogens is 228 g/mol. The SMILES string of the molecule is NCC(NC1CCCCC1CO)c1ccncn1. The lowest BCUT2D eigenvalue weighted by atomic mass is 9.84. The van der Waals surface area contributed by atoms with Crippen molar-refractivity contribution in [2.75, 3.05) is 13.2 Å². The Labute approximate surface area is 108 Å². The molecule has 0 aromatic carbocycles. The molecule has 1 aromatic heterocycles. The zero-order valence-corrected chi connectivity index (χ0v) is 10.6. The molecular formula is C13H22N4O. The number of rotatable bonds is 5. The van der Waals surface area contributed by atoms with Crippen molar-refractivity contribution in [1.82, 2.24) is 15.3 Å². The van der Waals surface area contributed by atoms with Crippen molar-refractivity contribution in [2.45, 2.75) is 37.8 Å². The van der Waals surface area contributed by atoms with Gasteiger partial charge in [0.05, 0.1) is 11.7 Å². The molecule has 0 bridgehead atoms. The molecule has 1 heterocycles. The molecule has 0 saturated heterocycles. The van der Waals surface area contributed by atoms with Crippen LogP contribution < -0.4 is 11.1 Å². The number of nitrogens with two attached hydrogens (primary N) is 1. The molecule has 1 aliphatic carbocycles. The Kier molecular flexibility index (Phi) is 5.04. The first kappa shape index (κ1) is 13.4. The highest BCUT2D eigenvalue weighted by molar-refractivity contribution is 5.06. The molecule has 1 saturated carbocycles. The fraction of sp³-hybridized carbons (Fsp3) is 0.692. The van der Waals surface area contributed by atoms with Gasteiger partial charge in [0.15, 0.2) is 0 Å². The van der Waals surface area contributed by atoms with E-state index in [0.717, 1.165) is 18.5 Å². The molecule has 100 valence electrons. The molecule has 4 N–H and O–H groups in total. The highest BCUT2D eigenvalue weighted by atomic mass is 16.3. The van der Waals surface area contributed by atoms with Gasteiger partial charge in [-0.2, -0.15) is 0 Å². The predicted octanol–water partition coefficient (Wildman–Crippen LogP) is 0.617. The summed E-state index contributed by atoms with van der Waals surface area (Å²) in [7, 11) is 0. The summed E-state index contributed by atoms with van der Waals surface area (Å²) >= 11 is 0. The van der Waals surface area contributed by atoms with Gasteiger partial charge in [-0.15, -0.1) is 0 Å². The number of aliphatic hydroxyl groups excluding tert-OH is 1. The molecule has 1 aromatic rings. The average Bonchev–Trinajstić information content (AvgIpc) is 2.46. The van der Waals surface area contributed by atoms with Crippen LogP contribution in [0.4, 0.5) is 0 Å². The number of nitrogens with one attached hydrogen (secondary N) is 1. The predicted molar refractivity (Wildman–Crippen MR) is 69.8 cm³/mol. The Morgan fingerprint density at radius 2 is 2.28 bits per heavy atom. The summed E-state index contributed by atoms with van der Waals surface area (Å²) < 4.78 is 0. The molecule has 0 spiro atoms. The van der Waals surface area contributed by atoms with Crippen molar-refractivity contribution < 1.29 is 5.11 Å². The topological polar surface area (TPSA) is 84.1 Å². The first-order valence-electron chi connectivity index (χ1n) is 6.68. The van der Waals surface area contributed by atoms with E-state index in [9.17, 15) is 5.11 Å². The summed E-state index contributed by atoms with van der Waals surface area (Å²) in [6, 6.07) is 2.28. The Morgan fingerprint density at radius 3 is 2.94 bits per heavy atom. The fourth-order valence-electron chi connectivity index (χ4n) is 2.69. The van der Waals surface area contributed by atoms with E-state index in [2.05, 4.69) is 15.3 Å². The maximum Gasteiger partial charge on any atom is 0.115 e. The van der Waals surface area contributed by atoms with E-state index in [1.807, 2.05) is 6.07 Å². The Balaban J connectivity index is 2.01. The second-order valence-corrected chi connectivity index (χ2v) is 4.92. The third-order valence-electron chi connectivity index (χ3n) is 3.76. The third kappa shape index (κ3) is 3.25. The van der Waals surface area contributed by atoms with E-state index in [1.54, 1.807) is 12.5 Å².